The molecule has 24 heavy (non-hydrogen) atoms. The van der Waals surface area contributed by atoms with Crippen LogP contribution in [0.25, 0.3) is 10.6 Å². The van der Waals surface area contributed by atoms with E-state index in [1.807, 2.05) is 17.5 Å². The van der Waals surface area contributed by atoms with Crippen LogP contribution < -0.4 is 15.2 Å². The summed E-state index contributed by atoms with van der Waals surface area (Å²) in [5.41, 5.74) is 5.16. The Bertz CT molecular complexity index is 796. The molecule has 0 aliphatic heterocycles. The van der Waals surface area contributed by atoms with E-state index in [0.29, 0.717) is 17.4 Å². The molecular formula is C17H16N2O4S. The second-order valence-corrected chi connectivity index (χ2v) is 5.97. The van der Waals surface area contributed by atoms with Crippen LogP contribution in [0.1, 0.15) is 12.8 Å². The zero-order valence-electron chi connectivity index (χ0n) is 13.0. The number of carbonyl (C=O) groups excluding carboxylic acids is 1. The number of nitrogens with zero attached hydrogens (tertiary/aromatic N) is 1. The zero-order chi connectivity index (χ0) is 16.9. The van der Waals surface area contributed by atoms with Crippen molar-refractivity contribution in [2.75, 3.05) is 0 Å². The van der Waals surface area contributed by atoms with Gasteiger partial charge in [-0.15, -0.1) is 11.3 Å². The maximum atomic E-state index is 11.0. The number of nitrogens with two attached hydrogens (primary N) is 1. The molecule has 0 aliphatic rings. The maximum Gasteiger partial charge on any atom is 0.258 e. The van der Waals surface area contributed by atoms with Gasteiger partial charge in [0.1, 0.15) is 11.5 Å². The van der Waals surface area contributed by atoms with Crippen LogP contribution in [-0.2, 0) is 11.4 Å². The summed E-state index contributed by atoms with van der Waals surface area (Å²) < 4.78 is 16.7. The largest absolute Gasteiger partial charge is 0.484 e. The van der Waals surface area contributed by atoms with Crippen LogP contribution in [-0.4, -0.2) is 17.0 Å². The predicted molar refractivity (Wildman–Crippen MR) is 89.9 cm³/mol. The van der Waals surface area contributed by atoms with Crippen molar-refractivity contribution in [3.8, 4) is 22.1 Å². The van der Waals surface area contributed by atoms with Crippen LogP contribution in [0, 0.1) is 0 Å². The van der Waals surface area contributed by atoms with Gasteiger partial charge in [0.05, 0.1) is 11.1 Å². The van der Waals surface area contributed by atoms with E-state index >= 15 is 0 Å². The summed E-state index contributed by atoms with van der Waals surface area (Å²) in [7, 11) is 0. The van der Waals surface area contributed by atoms with Gasteiger partial charge in [0.2, 0.25) is 5.89 Å². The van der Waals surface area contributed by atoms with Gasteiger partial charge in [0.25, 0.3) is 5.91 Å². The molecule has 1 unspecified atom stereocenters. The lowest BCUT2D eigenvalue weighted by Crippen LogP contribution is -2.30. The fraction of sp³-hybridized carbons (Fsp3) is 0.176. The molecule has 0 saturated carbocycles. The third kappa shape index (κ3) is 3.94. The number of aromatic nitrogens is 1. The zero-order valence-corrected chi connectivity index (χ0v) is 13.8. The molecule has 3 aromatic rings. The average molecular weight is 344 g/mol. The first-order chi connectivity index (χ1) is 11.6. The molecular weight excluding hydrogens is 328 g/mol. The fourth-order valence-electron chi connectivity index (χ4n) is 1.93. The first-order valence-electron chi connectivity index (χ1n) is 7.29. The number of hydrogen-bond donors (Lipinski definition) is 1. The van der Waals surface area contributed by atoms with Gasteiger partial charge in [-0.3, -0.25) is 4.79 Å². The summed E-state index contributed by atoms with van der Waals surface area (Å²) >= 11 is 1.59. The first kappa shape index (κ1) is 16.1. The molecule has 6 nitrogen and oxygen atoms in total. The number of benzene rings is 1. The highest BCUT2D eigenvalue weighted by molar-refractivity contribution is 7.13. The standard InChI is InChI=1S/C17H16N2O4S/c1-11(17(18)20)22-13-6-4-12(5-7-13)21-10-16-19-9-14(23-16)15-3-2-8-24-15/h2-9,11H,10H2,1H3,(H2,18,20). The molecule has 2 aromatic heterocycles. The Labute approximate surface area is 142 Å². The summed E-state index contributed by atoms with van der Waals surface area (Å²) in [6.07, 6.45) is 1.01. The Morgan fingerprint density at radius 1 is 1.29 bits per heavy atom. The molecule has 0 bridgehead atoms. The number of thiophene rings is 1. The van der Waals surface area contributed by atoms with Crippen LogP contribution in [0.3, 0.4) is 0 Å². The van der Waals surface area contributed by atoms with Crippen LogP contribution in [0.4, 0.5) is 0 Å². The maximum absolute atomic E-state index is 11.0. The smallest absolute Gasteiger partial charge is 0.258 e. The van der Waals surface area contributed by atoms with E-state index in [-0.39, 0.29) is 6.61 Å². The lowest BCUT2D eigenvalue weighted by Gasteiger charge is -2.11. The molecule has 7 heteroatoms. The number of hydrogen-bond acceptors (Lipinski definition) is 6. The van der Waals surface area contributed by atoms with E-state index in [1.165, 1.54) is 0 Å². The van der Waals surface area contributed by atoms with E-state index < -0.39 is 12.0 Å². The van der Waals surface area contributed by atoms with E-state index in [2.05, 4.69) is 4.98 Å². The van der Waals surface area contributed by atoms with Crippen LogP contribution in [0.2, 0.25) is 0 Å². The summed E-state index contributed by atoms with van der Waals surface area (Å²) in [6, 6.07) is 10.8. The second-order valence-electron chi connectivity index (χ2n) is 5.02. The van der Waals surface area contributed by atoms with Gasteiger partial charge in [-0.1, -0.05) is 6.07 Å². The van der Waals surface area contributed by atoms with Crippen molar-refractivity contribution in [2.24, 2.45) is 5.73 Å². The van der Waals surface area contributed by atoms with Crippen LogP contribution in [0.5, 0.6) is 11.5 Å². The normalized spacial score (nSPS) is 11.9. The van der Waals surface area contributed by atoms with Crippen molar-refractivity contribution in [2.45, 2.75) is 19.6 Å². The minimum atomic E-state index is -0.681. The van der Waals surface area contributed by atoms with Gasteiger partial charge >= 0.3 is 0 Å². The lowest BCUT2D eigenvalue weighted by atomic mass is 10.3. The monoisotopic (exact) mass is 344 g/mol. The minimum absolute atomic E-state index is 0.225. The quantitative estimate of drug-likeness (QED) is 0.711. The predicted octanol–water partition coefficient (Wildman–Crippen LogP) is 3.23. The van der Waals surface area contributed by atoms with Crippen molar-refractivity contribution in [1.82, 2.24) is 4.98 Å². The van der Waals surface area contributed by atoms with Crippen molar-refractivity contribution in [3.63, 3.8) is 0 Å². The first-order valence-corrected chi connectivity index (χ1v) is 8.17. The van der Waals surface area contributed by atoms with E-state index in [1.54, 1.807) is 48.7 Å². The number of carbonyl (C=O) groups is 1. The van der Waals surface area contributed by atoms with Gasteiger partial charge in [0.15, 0.2) is 18.5 Å². The van der Waals surface area contributed by atoms with Crippen LogP contribution >= 0.6 is 11.3 Å². The number of rotatable bonds is 7. The molecule has 0 saturated heterocycles. The summed E-state index contributed by atoms with van der Waals surface area (Å²) in [6.45, 7) is 1.82. The molecule has 2 N–H and O–H groups in total. The average Bonchev–Trinajstić information content (AvgIpc) is 3.25. The SMILES string of the molecule is CC(Oc1ccc(OCc2ncc(-c3cccs3)o2)cc1)C(N)=O. The Hall–Kier alpha value is -2.80. The molecule has 124 valence electrons. The van der Waals surface area contributed by atoms with E-state index in [0.717, 1.165) is 10.6 Å². The Morgan fingerprint density at radius 3 is 2.71 bits per heavy atom. The van der Waals surface area contributed by atoms with Crippen molar-refractivity contribution in [1.29, 1.82) is 0 Å². The number of ether oxygens (including phenoxy) is 2. The third-order valence-electron chi connectivity index (χ3n) is 3.22. The molecule has 0 aliphatic carbocycles. The molecule has 1 atom stereocenters. The van der Waals surface area contributed by atoms with Gasteiger partial charge in [0, 0.05) is 0 Å². The molecule has 0 spiro atoms. The summed E-state index contributed by atoms with van der Waals surface area (Å²) in [5, 5.41) is 1.98. The second kappa shape index (κ2) is 7.18. The third-order valence-corrected chi connectivity index (χ3v) is 4.10. The molecule has 2 heterocycles. The van der Waals surface area contributed by atoms with Gasteiger partial charge in [-0.25, -0.2) is 4.98 Å². The number of oxazole rings is 1. The van der Waals surface area contributed by atoms with Crippen molar-refractivity contribution < 1.29 is 18.7 Å². The number of primary amides is 1. The molecule has 1 aromatic carbocycles. The fourth-order valence-corrected chi connectivity index (χ4v) is 2.60. The highest BCUT2D eigenvalue weighted by atomic mass is 32.1. The van der Waals surface area contributed by atoms with E-state index in [9.17, 15) is 4.79 Å². The van der Waals surface area contributed by atoms with Crippen molar-refractivity contribution in [3.05, 3.63) is 53.9 Å². The van der Waals surface area contributed by atoms with Gasteiger partial charge in [-0.05, 0) is 42.6 Å². The summed E-state index contributed by atoms with van der Waals surface area (Å²) in [4.78, 5) is 16.2. The lowest BCUT2D eigenvalue weighted by molar-refractivity contribution is -0.123. The van der Waals surface area contributed by atoms with E-state index in [4.69, 9.17) is 19.6 Å². The summed E-state index contributed by atoms with van der Waals surface area (Å²) in [5.74, 6) is 1.91. The van der Waals surface area contributed by atoms with Gasteiger partial charge in [-0.2, -0.15) is 0 Å². The van der Waals surface area contributed by atoms with Crippen LogP contribution in [0.15, 0.2) is 52.4 Å². The molecule has 0 radical (unpaired) electrons. The Kier molecular flexibility index (Phi) is 4.81. The Balaban J connectivity index is 1.56. The molecule has 0 fully saturated rings. The van der Waals surface area contributed by atoms with Gasteiger partial charge < -0.3 is 19.6 Å². The highest BCUT2D eigenvalue weighted by Crippen LogP contribution is 2.26. The highest BCUT2D eigenvalue weighted by Gasteiger charge is 2.10. The molecule has 3 rings (SSSR count). The molecule has 1 amide bonds. The number of amides is 1. The Morgan fingerprint density at radius 2 is 2.04 bits per heavy atom. The minimum Gasteiger partial charge on any atom is -0.484 e. The topological polar surface area (TPSA) is 87.6 Å². The van der Waals surface area contributed by atoms with Crippen molar-refractivity contribution >= 4 is 17.2 Å².